The van der Waals surface area contributed by atoms with Crippen molar-refractivity contribution in [2.45, 2.75) is 25.8 Å². The van der Waals surface area contributed by atoms with E-state index in [0.717, 1.165) is 39.1 Å². The number of benzene rings is 3. The standard InChI is InChI=1S/C29H24FN3OS/c1-18-4-7-21(8-5-18)25-15-27(22-9-11-23(30)12-10-22)33-29(26(25)16-31)35-17-28(34)32-24-13-6-19(2)20(3)14-24/h4-15H,17H2,1-3H3,(H,32,34). The van der Waals surface area contributed by atoms with Gasteiger partial charge in [-0.05, 0) is 79.9 Å². The number of aromatic nitrogens is 1. The highest BCUT2D eigenvalue weighted by Gasteiger charge is 2.17. The predicted molar refractivity (Wildman–Crippen MR) is 140 cm³/mol. The molecule has 0 fully saturated rings. The van der Waals surface area contributed by atoms with E-state index in [-0.39, 0.29) is 17.5 Å². The molecule has 35 heavy (non-hydrogen) atoms. The van der Waals surface area contributed by atoms with Crippen molar-refractivity contribution in [3.63, 3.8) is 0 Å². The van der Waals surface area contributed by atoms with Crippen LogP contribution in [0.3, 0.4) is 0 Å². The fourth-order valence-electron chi connectivity index (χ4n) is 3.61. The molecule has 0 radical (unpaired) electrons. The summed E-state index contributed by atoms with van der Waals surface area (Å²) in [6.07, 6.45) is 0. The topological polar surface area (TPSA) is 65.8 Å². The maximum atomic E-state index is 13.5. The number of pyridine rings is 1. The van der Waals surface area contributed by atoms with Gasteiger partial charge in [0.05, 0.1) is 17.0 Å². The Balaban J connectivity index is 1.68. The lowest BCUT2D eigenvalue weighted by atomic mass is 9.98. The summed E-state index contributed by atoms with van der Waals surface area (Å²) in [5.41, 5.74) is 7.43. The maximum Gasteiger partial charge on any atom is 0.234 e. The van der Waals surface area contributed by atoms with Crippen LogP contribution >= 0.6 is 11.8 Å². The number of amides is 1. The molecule has 0 aliphatic rings. The molecule has 0 saturated carbocycles. The van der Waals surface area contributed by atoms with Crippen LogP contribution in [0, 0.1) is 37.9 Å². The van der Waals surface area contributed by atoms with Gasteiger partial charge in [-0.15, -0.1) is 0 Å². The molecule has 0 bridgehead atoms. The summed E-state index contributed by atoms with van der Waals surface area (Å²) in [4.78, 5) is 17.4. The van der Waals surface area contributed by atoms with Gasteiger partial charge in [0.15, 0.2) is 0 Å². The smallest absolute Gasteiger partial charge is 0.234 e. The molecule has 1 heterocycles. The molecular formula is C29H24FN3OS. The van der Waals surface area contributed by atoms with Gasteiger partial charge in [0.25, 0.3) is 0 Å². The highest BCUT2D eigenvalue weighted by Crippen LogP contribution is 2.34. The molecule has 4 rings (SSSR count). The zero-order valence-corrected chi connectivity index (χ0v) is 20.5. The first-order chi connectivity index (χ1) is 16.8. The van der Waals surface area contributed by atoms with E-state index in [1.807, 2.05) is 69.3 Å². The minimum Gasteiger partial charge on any atom is -0.325 e. The Hall–Kier alpha value is -3.95. The monoisotopic (exact) mass is 481 g/mol. The highest BCUT2D eigenvalue weighted by atomic mass is 32.2. The zero-order chi connectivity index (χ0) is 24.9. The minimum absolute atomic E-state index is 0.0921. The van der Waals surface area contributed by atoms with Crippen molar-refractivity contribution >= 4 is 23.4 Å². The number of rotatable bonds is 6. The minimum atomic E-state index is -0.334. The van der Waals surface area contributed by atoms with E-state index in [4.69, 9.17) is 0 Å². The predicted octanol–water partition coefficient (Wildman–Crippen LogP) is 7.08. The van der Waals surface area contributed by atoms with Gasteiger partial charge in [0, 0.05) is 16.8 Å². The summed E-state index contributed by atoms with van der Waals surface area (Å²) < 4.78 is 13.5. The van der Waals surface area contributed by atoms with Crippen molar-refractivity contribution in [1.82, 2.24) is 4.98 Å². The van der Waals surface area contributed by atoms with Gasteiger partial charge in [-0.3, -0.25) is 4.79 Å². The highest BCUT2D eigenvalue weighted by molar-refractivity contribution is 8.00. The van der Waals surface area contributed by atoms with E-state index < -0.39 is 0 Å². The Bertz CT molecular complexity index is 1420. The van der Waals surface area contributed by atoms with Crippen molar-refractivity contribution in [1.29, 1.82) is 5.26 Å². The van der Waals surface area contributed by atoms with E-state index in [2.05, 4.69) is 16.4 Å². The number of carbonyl (C=O) groups is 1. The van der Waals surface area contributed by atoms with E-state index in [1.54, 1.807) is 12.1 Å². The van der Waals surface area contributed by atoms with E-state index in [1.165, 1.54) is 23.9 Å². The number of nitrogens with one attached hydrogen (secondary N) is 1. The zero-order valence-electron chi connectivity index (χ0n) is 19.7. The molecular weight excluding hydrogens is 457 g/mol. The summed E-state index contributed by atoms with van der Waals surface area (Å²) in [5.74, 6) is -0.429. The number of nitriles is 1. The number of hydrogen-bond donors (Lipinski definition) is 1. The van der Waals surface area contributed by atoms with Gasteiger partial charge in [0.2, 0.25) is 5.91 Å². The molecule has 1 N–H and O–H groups in total. The van der Waals surface area contributed by atoms with Crippen molar-refractivity contribution in [3.8, 4) is 28.5 Å². The van der Waals surface area contributed by atoms with Gasteiger partial charge in [-0.2, -0.15) is 5.26 Å². The largest absolute Gasteiger partial charge is 0.325 e. The Labute approximate surface area is 208 Å². The van der Waals surface area contributed by atoms with E-state index in [0.29, 0.717) is 16.3 Å². The second-order valence-corrected chi connectivity index (χ2v) is 9.32. The van der Waals surface area contributed by atoms with Gasteiger partial charge in [-0.1, -0.05) is 47.7 Å². The van der Waals surface area contributed by atoms with Crippen molar-refractivity contribution in [2.75, 3.05) is 11.1 Å². The first-order valence-corrected chi connectivity index (χ1v) is 12.1. The first kappa shape index (κ1) is 24.2. The number of carbonyl (C=O) groups excluding carboxylic acids is 1. The number of anilines is 1. The van der Waals surface area contributed by atoms with Gasteiger partial charge in [-0.25, -0.2) is 9.37 Å². The molecule has 0 aliphatic heterocycles. The normalized spacial score (nSPS) is 10.6. The Morgan fingerprint density at radius 1 is 0.943 bits per heavy atom. The average Bonchev–Trinajstić information content (AvgIpc) is 2.85. The van der Waals surface area contributed by atoms with E-state index >= 15 is 0 Å². The fraction of sp³-hybridized carbons (Fsp3) is 0.138. The van der Waals surface area contributed by atoms with Crippen LogP contribution in [0.25, 0.3) is 22.4 Å². The molecule has 6 heteroatoms. The molecule has 0 saturated heterocycles. The van der Waals surface area contributed by atoms with Crippen molar-refractivity contribution in [2.24, 2.45) is 0 Å². The molecule has 1 amide bonds. The van der Waals surface area contributed by atoms with Gasteiger partial charge < -0.3 is 5.32 Å². The summed E-state index contributed by atoms with van der Waals surface area (Å²) >= 11 is 1.21. The first-order valence-electron chi connectivity index (χ1n) is 11.1. The lowest BCUT2D eigenvalue weighted by molar-refractivity contribution is -0.113. The average molecular weight is 482 g/mol. The fourth-order valence-corrected chi connectivity index (χ4v) is 4.42. The number of hydrogen-bond acceptors (Lipinski definition) is 4. The molecule has 174 valence electrons. The second-order valence-electron chi connectivity index (χ2n) is 8.36. The number of aryl methyl sites for hydroxylation is 3. The van der Waals surface area contributed by atoms with Crippen LogP contribution in [0.2, 0.25) is 0 Å². The van der Waals surface area contributed by atoms with Crippen molar-refractivity contribution in [3.05, 3.63) is 101 Å². The quantitative estimate of drug-likeness (QED) is 0.299. The van der Waals surface area contributed by atoms with Gasteiger partial charge in [0.1, 0.15) is 16.9 Å². The van der Waals surface area contributed by atoms with Crippen LogP contribution < -0.4 is 5.32 Å². The molecule has 0 aliphatic carbocycles. The molecule has 0 atom stereocenters. The number of nitrogens with zero attached hydrogens (tertiary/aromatic N) is 2. The van der Waals surface area contributed by atoms with Crippen LogP contribution in [0.15, 0.2) is 77.8 Å². The summed E-state index contributed by atoms with van der Waals surface area (Å²) in [6, 6.07) is 23.8. The van der Waals surface area contributed by atoms with Crippen LogP contribution in [-0.4, -0.2) is 16.6 Å². The van der Waals surface area contributed by atoms with Crippen molar-refractivity contribution < 1.29 is 9.18 Å². The summed E-state index contributed by atoms with van der Waals surface area (Å²) in [5, 5.41) is 13.4. The lowest BCUT2D eigenvalue weighted by Crippen LogP contribution is -2.14. The molecule has 3 aromatic carbocycles. The Morgan fingerprint density at radius 3 is 2.29 bits per heavy atom. The molecule has 1 aromatic heterocycles. The summed E-state index contributed by atoms with van der Waals surface area (Å²) in [6.45, 7) is 6.02. The number of thioether (sulfide) groups is 1. The molecule has 0 unspecified atom stereocenters. The molecule has 0 spiro atoms. The van der Waals surface area contributed by atoms with Gasteiger partial charge >= 0.3 is 0 Å². The van der Waals surface area contributed by atoms with Crippen LogP contribution in [0.1, 0.15) is 22.3 Å². The van der Waals surface area contributed by atoms with Crippen LogP contribution in [-0.2, 0) is 4.79 Å². The van der Waals surface area contributed by atoms with Crippen LogP contribution in [0.4, 0.5) is 10.1 Å². The summed E-state index contributed by atoms with van der Waals surface area (Å²) in [7, 11) is 0. The molecule has 4 nitrogen and oxygen atoms in total. The third-order valence-electron chi connectivity index (χ3n) is 5.73. The molecule has 4 aromatic rings. The second kappa shape index (κ2) is 10.5. The number of halogens is 1. The third-order valence-corrected chi connectivity index (χ3v) is 6.71. The van der Waals surface area contributed by atoms with Crippen LogP contribution in [0.5, 0.6) is 0 Å². The Morgan fingerprint density at radius 2 is 1.63 bits per heavy atom. The SMILES string of the molecule is Cc1ccc(-c2cc(-c3ccc(F)cc3)nc(SCC(=O)Nc3ccc(C)c(C)c3)c2C#N)cc1. The Kier molecular flexibility index (Phi) is 7.28. The maximum absolute atomic E-state index is 13.5. The third kappa shape index (κ3) is 5.76. The lowest BCUT2D eigenvalue weighted by Gasteiger charge is -2.13. The van der Waals surface area contributed by atoms with E-state index in [9.17, 15) is 14.4 Å².